The number of amides is 1. The number of hydrogen-bond donors (Lipinski definition) is 1. The summed E-state index contributed by atoms with van der Waals surface area (Å²) in [6.45, 7) is 9.69. The Kier molecular flexibility index (Phi) is 6.50. The zero-order valence-corrected chi connectivity index (χ0v) is 18.5. The number of piperazine rings is 1. The lowest BCUT2D eigenvalue weighted by Gasteiger charge is -2.39. The van der Waals surface area contributed by atoms with Gasteiger partial charge in [-0.1, -0.05) is 13.8 Å². The van der Waals surface area contributed by atoms with Gasteiger partial charge >= 0.3 is 0 Å². The zero-order valence-electron chi connectivity index (χ0n) is 16.9. The molecule has 1 saturated heterocycles. The lowest BCUT2D eigenvalue weighted by Crippen LogP contribution is -2.47. The van der Waals surface area contributed by atoms with Gasteiger partial charge in [0.05, 0.1) is 12.3 Å². The Balaban J connectivity index is 1.67. The maximum atomic E-state index is 12.7. The van der Waals surface area contributed by atoms with E-state index in [9.17, 15) is 4.79 Å². The summed E-state index contributed by atoms with van der Waals surface area (Å²) >= 11 is 3.40. The van der Waals surface area contributed by atoms with Crippen molar-refractivity contribution in [1.82, 2.24) is 9.80 Å². The number of carbonyl (C=O) groups excluding carboxylic acids is 1. The molecule has 0 aromatic carbocycles. The van der Waals surface area contributed by atoms with E-state index in [-0.39, 0.29) is 11.9 Å². The number of aryl methyl sites for hydroxylation is 1. The lowest BCUT2D eigenvalue weighted by atomic mass is 10.00. The summed E-state index contributed by atoms with van der Waals surface area (Å²) in [6.07, 6.45) is 2.48. The van der Waals surface area contributed by atoms with Crippen molar-refractivity contribution in [3.63, 3.8) is 0 Å². The summed E-state index contributed by atoms with van der Waals surface area (Å²) in [5, 5.41) is 8.42. The number of hydrogen-bond acceptors (Lipinski definition) is 6. The van der Waals surface area contributed by atoms with Crippen LogP contribution >= 0.6 is 22.7 Å². The fourth-order valence-electron chi connectivity index (χ4n) is 3.86. The van der Waals surface area contributed by atoms with E-state index in [0.29, 0.717) is 5.76 Å². The smallest absolute Gasteiger partial charge is 0.291 e. The van der Waals surface area contributed by atoms with E-state index in [0.717, 1.165) is 44.1 Å². The van der Waals surface area contributed by atoms with E-state index in [1.165, 1.54) is 22.3 Å². The molecule has 0 radical (unpaired) electrons. The molecule has 0 unspecified atom stereocenters. The highest BCUT2D eigenvalue weighted by Crippen LogP contribution is 2.40. The molecule has 154 valence electrons. The first kappa shape index (κ1) is 20.3. The highest BCUT2D eigenvalue weighted by Gasteiger charge is 2.30. The van der Waals surface area contributed by atoms with E-state index in [2.05, 4.69) is 51.9 Å². The first-order valence-corrected chi connectivity index (χ1v) is 11.9. The standard InChI is InChI=1S/C22H27N3O2S2/c1-3-17-14-18(22(29-17)23-21(26)19-6-5-12-27-19)20(16-7-13-28-15-16)25-10-8-24(4-2)9-11-25/h5-7,12-15,20H,3-4,8-11H2,1-2H3,(H,23,26)/t20-/m1/s1. The van der Waals surface area contributed by atoms with Crippen molar-refractivity contribution in [3.05, 3.63) is 63.1 Å². The lowest BCUT2D eigenvalue weighted by molar-refractivity contribution is 0.0995. The number of anilines is 1. The van der Waals surface area contributed by atoms with Gasteiger partial charge in [0.15, 0.2) is 5.76 Å². The van der Waals surface area contributed by atoms with Gasteiger partial charge in [0.1, 0.15) is 5.00 Å². The molecule has 0 bridgehead atoms. The highest BCUT2D eigenvalue weighted by molar-refractivity contribution is 7.16. The SMILES string of the molecule is CCc1cc([C@@H](c2ccsc2)N2CCN(CC)CC2)c(NC(=O)c2ccco2)s1. The van der Waals surface area contributed by atoms with Crippen LogP contribution < -0.4 is 5.32 Å². The van der Waals surface area contributed by atoms with Crippen molar-refractivity contribution in [2.75, 3.05) is 38.0 Å². The molecule has 0 saturated carbocycles. The molecule has 1 fully saturated rings. The Labute approximate surface area is 179 Å². The van der Waals surface area contributed by atoms with Crippen molar-refractivity contribution in [2.45, 2.75) is 26.3 Å². The van der Waals surface area contributed by atoms with Crippen LogP contribution in [-0.4, -0.2) is 48.4 Å². The van der Waals surface area contributed by atoms with Gasteiger partial charge < -0.3 is 14.6 Å². The van der Waals surface area contributed by atoms with Gasteiger partial charge in [0, 0.05) is 36.6 Å². The van der Waals surface area contributed by atoms with E-state index >= 15 is 0 Å². The van der Waals surface area contributed by atoms with Gasteiger partial charge in [0.25, 0.3) is 5.91 Å². The quantitative estimate of drug-likeness (QED) is 0.578. The predicted molar refractivity (Wildman–Crippen MR) is 120 cm³/mol. The van der Waals surface area contributed by atoms with Crippen molar-refractivity contribution in [3.8, 4) is 0 Å². The van der Waals surface area contributed by atoms with Crippen LogP contribution in [0.1, 0.15) is 46.4 Å². The normalized spacial score (nSPS) is 16.8. The molecule has 3 aromatic rings. The van der Waals surface area contributed by atoms with Gasteiger partial charge in [-0.25, -0.2) is 0 Å². The summed E-state index contributed by atoms with van der Waals surface area (Å²) in [7, 11) is 0. The van der Waals surface area contributed by atoms with Crippen LogP contribution in [0.4, 0.5) is 5.00 Å². The van der Waals surface area contributed by atoms with Crippen LogP contribution in [0.15, 0.2) is 45.7 Å². The summed E-state index contributed by atoms with van der Waals surface area (Å²) in [4.78, 5) is 19.0. The van der Waals surface area contributed by atoms with Gasteiger partial charge in [-0.05, 0) is 53.6 Å². The van der Waals surface area contributed by atoms with Crippen molar-refractivity contribution < 1.29 is 9.21 Å². The Morgan fingerprint density at radius 1 is 1.24 bits per heavy atom. The second-order valence-corrected chi connectivity index (χ2v) is 9.13. The van der Waals surface area contributed by atoms with E-state index < -0.39 is 0 Å². The molecule has 29 heavy (non-hydrogen) atoms. The van der Waals surface area contributed by atoms with Crippen molar-refractivity contribution >= 4 is 33.6 Å². The number of nitrogens with one attached hydrogen (secondary N) is 1. The molecule has 4 heterocycles. The van der Waals surface area contributed by atoms with Crippen LogP contribution in [0.2, 0.25) is 0 Å². The number of thiophene rings is 2. The predicted octanol–water partition coefficient (Wildman–Crippen LogP) is 4.94. The molecular formula is C22H27N3O2S2. The Bertz CT molecular complexity index is 910. The average molecular weight is 430 g/mol. The Morgan fingerprint density at radius 3 is 2.69 bits per heavy atom. The summed E-state index contributed by atoms with van der Waals surface area (Å²) in [5.41, 5.74) is 2.49. The number of nitrogens with zero attached hydrogens (tertiary/aromatic N) is 2. The highest BCUT2D eigenvalue weighted by atomic mass is 32.1. The van der Waals surface area contributed by atoms with E-state index in [4.69, 9.17) is 4.42 Å². The van der Waals surface area contributed by atoms with Gasteiger partial charge in [0.2, 0.25) is 0 Å². The van der Waals surface area contributed by atoms with E-state index in [1.54, 1.807) is 34.8 Å². The fourth-order valence-corrected chi connectivity index (χ4v) is 5.56. The van der Waals surface area contributed by atoms with Crippen LogP contribution in [0.3, 0.4) is 0 Å². The van der Waals surface area contributed by atoms with Crippen LogP contribution in [0.25, 0.3) is 0 Å². The topological polar surface area (TPSA) is 48.7 Å². The third-order valence-electron chi connectivity index (χ3n) is 5.51. The van der Waals surface area contributed by atoms with Crippen LogP contribution in [0, 0.1) is 0 Å². The van der Waals surface area contributed by atoms with Crippen LogP contribution in [-0.2, 0) is 6.42 Å². The third-order valence-corrected chi connectivity index (χ3v) is 7.42. The second-order valence-electron chi connectivity index (χ2n) is 7.21. The summed E-state index contributed by atoms with van der Waals surface area (Å²) in [5.74, 6) is 0.145. The third kappa shape index (κ3) is 4.48. The van der Waals surface area contributed by atoms with Gasteiger partial charge in [-0.2, -0.15) is 11.3 Å². The first-order valence-electron chi connectivity index (χ1n) is 10.2. The molecule has 0 spiro atoms. The molecule has 5 nitrogen and oxygen atoms in total. The molecule has 7 heteroatoms. The van der Waals surface area contributed by atoms with Crippen molar-refractivity contribution in [1.29, 1.82) is 0 Å². The minimum Gasteiger partial charge on any atom is -0.459 e. The molecule has 4 rings (SSSR count). The molecular weight excluding hydrogens is 402 g/mol. The monoisotopic (exact) mass is 429 g/mol. The molecule has 1 atom stereocenters. The average Bonchev–Trinajstić information content (AvgIpc) is 3.51. The molecule has 1 amide bonds. The van der Waals surface area contributed by atoms with Gasteiger partial charge in [-0.15, -0.1) is 11.3 Å². The number of furan rings is 1. The fraction of sp³-hybridized carbons (Fsp3) is 0.409. The maximum absolute atomic E-state index is 12.7. The summed E-state index contributed by atoms with van der Waals surface area (Å²) < 4.78 is 5.29. The molecule has 1 aliphatic heterocycles. The summed E-state index contributed by atoms with van der Waals surface area (Å²) in [6, 6.07) is 8.08. The molecule has 0 aliphatic carbocycles. The van der Waals surface area contributed by atoms with E-state index in [1.807, 2.05) is 0 Å². The minimum absolute atomic E-state index is 0.156. The largest absolute Gasteiger partial charge is 0.459 e. The van der Waals surface area contributed by atoms with Crippen molar-refractivity contribution in [2.24, 2.45) is 0 Å². The number of likely N-dealkylation sites (N-methyl/N-ethyl adjacent to an activating group) is 1. The zero-order chi connectivity index (χ0) is 20.2. The molecule has 1 N–H and O–H groups in total. The molecule has 3 aromatic heterocycles. The minimum atomic E-state index is -0.194. The Hall–Kier alpha value is -1.93. The Morgan fingerprint density at radius 2 is 2.07 bits per heavy atom. The van der Waals surface area contributed by atoms with Crippen LogP contribution in [0.5, 0.6) is 0 Å². The first-order chi connectivity index (χ1) is 14.2. The second kappa shape index (κ2) is 9.26. The maximum Gasteiger partial charge on any atom is 0.291 e. The number of rotatable bonds is 7. The number of carbonyl (C=O) groups is 1. The molecule has 1 aliphatic rings. The van der Waals surface area contributed by atoms with Gasteiger partial charge in [-0.3, -0.25) is 9.69 Å².